The Morgan fingerprint density at radius 1 is 0.885 bits per heavy atom. The molecule has 3 rings (SSSR count). The van der Waals surface area contributed by atoms with Crippen LogP contribution < -0.4 is 5.32 Å². The highest BCUT2D eigenvalue weighted by Crippen LogP contribution is 2.25. The third kappa shape index (κ3) is 4.60. The molecular weight excluding hydrogens is 330 g/mol. The molecule has 132 valence electrons. The van der Waals surface area contributed by atoms with Gasteiger partial charge in [0.15, 0.2) is 6.61 Å². The Morgan fingerprint density at radius 2 is 1.50 bits per heavy atom. The van der Waals surface area contributed by atoms with Crippen molar-refractivity contribution in [3.05, 3.63) is 95.9 Å². The maximum Gasteiger partial charge on any atom is 0.318 e. The molecule has 2 aromatic carbocycles. The second-order valence-electron chi connectivity index (χ2n) is 5.72. The molecule has 3 aromatic rings. The van der Waals surface area contributed by atoms with Crippen LogP contribution in [0.1, 0.15) is 22.8 Å². The van der Waals surface area contributed by atoms with Crippen LogP contribution in [0.25, 0.3) is 0 Å². The maximum absolute atomic E-state index is 12.7. The molecule has 0 saturated heterocycles. The van der Waals surface area contributed by atoms with Crippen LogP contribution in [0.5, 0.6) is 0 Å². The largest absolute Gasteiger partial charge is 0.467 e. The first-order valence-electron chi connectivity index (χ1n) is 8.29. The van der Waals surface area contributed by atoms with E-state index in [-0.39, 0.29) is 19.1 Å². The summed E-state index contributed by atoms with van der Waals surface area (Å²) in [5, 5.41) is 2.65. The van der Waals surface area contributed by atoms with Crippen molar-refractivity contribution < 1.29 is 18.7 Å². The highest BCUT2D eigenvalue weighted by atomic mass is 16.5. The minimum Gasteiger partial charge on any atom is -0.467 e. The van der Waals surface area contributed by atoms with E-state index >= 15 is 0 Å². The molecule has 1 amide bonds. The van der Waals surface area contributed by atoms with Gasteiger partial charge in [0.25, 0.3) is 5.91 Å². The van der Waals surface area contributed by atoms with Gasteiger partial charge in [-0.05, 0) is 23.3 Å². The minimum absolute atomic E-state index is 0.254. The number of ether oxygens (including phenoxy) is 1. The van der Waals surface area contributed by atoms with Crippen molar-refractivity contribution in [2.24, 2.45) is 0 Å². The van der Waals surface area contributed by atoms with Gasteiger partial charge in [-0.2, -0.15) is 0 Å². The smallest absolute Gasteiger partial charge is 0.318 e. The lowest BCUT2D eigenvalue weighted by molar-refractivity contribution is -0.149. The van der Waals surface area contributed by atoms with Gasteiger partial charge in [0.1, 0.15) is 11.7 Å². The van der Waals surface area contributed by atoms with Gasteiger partial charge in [-0.1, -0.05) is 60.7 Å². The molecule has 1 heterocycles. The van der Waals surface area contributed by atoms with Crippen molar-refractivity contribution in [2.75, 3.05) is 6.61 Å². The molecule has 5 nitrogen and oxygen atoms in total. The molecule has 26 heavy (non-hydrogen) atoms. The van der Waals surface area contributed by atoms with Gasteiger partial charge in [0.05, 0.1) is 12.8 Å². The van der Waals surface area contributed by atoms with Gasteiger partial charge in [0.2, 0.25) is 0 Å². The van der Waals surface area contributed by atoms with Crippen LogP contribution >= 0.6 is 0 Å². The van der Waals surface area contributed by atoms with Crippen molar-refractivity contribution >= 4 is 11.9 Å². The van der Waals surface area contributed by atoms with Crippen LogP contribution in [0.3, 0.4) is 0 Å². The standard InChI is InChI=1S/C21H19NO4/c23-19(22-14-18-12-7-13-25-18)15-26-21(24)20(16-8-3-1-4-9-16)17-10-5-2-6-11-17/h1-13,20H,14-15H2,(H,22,23). The first-order valence-corrected chi connectivity index (χ1v) is 8.29. The summed E-state index contributed by atoms with van der Waals surface area (Å²) in [6.45, 7) is -0.0834. The molecule has 0 atom stereocenters. The van der Waals surface area contributed by atoms with E-state index < -0.39 is 11.9 Å². The summed E-state index contributed by atoms with van der Waals surface area (Å²) in [5.74, 6) is -0.781. The number of esters is 1. The van der Waals surface area contributed by atoms with E-state index in [0.717, 1.165) is 11.1 Å². The zero-order valence-electron chi connectivity index (χ0n) is 14.1. The van der Waals surface area contributed by atoms with E-state index in [4.69, 9.17) is 9.15 Å². The Hall–Kier alpha value is -3.34. The molecular formula is C21H19NO4. The molecule has 0 bridgehead atoms. The van der Waals surface area contributed by atoms with Crippen LogP contribution in [0, 0.1) is 0 Å². The molecule has 0 aliphatic rings. The number of amides is 1. The predicted octanol–water partition coefficient (Wildman–Crippen LogP) is 3.27. The van der Waals surface area contributed by atoms with Crippen LogP contribution in [0.15, 0.2) is 83.5 Å². The fourth-order valence-electron chi connectivity index (χ4n) is 2.63. The molecule has 0 aliphatic heterocycles. The third-order valence-corrected chi connectivity index (χ3v) is 3.89. The van der Waals surface area contributed by atoms with Crippen molar-refractivity contribution in [2.45, 2.75) is 12.5 Å². The summed E-state index contributed by atoms with van der Waals surface area (Å²) in [6.07, 6.45) is 1.53. The quantitative estimate of drug-likeness (QED) is 0.665. The number of hydrogen-bond donors (Lipinski definition) is 1. The van der Waals surface area contributed by atoms with Crippen LogP contribution in [-0.2, 0) is 20.9 Å². The number of hydrogen-bond acceptors (Lipinski definition) is 4. The summed E-state index contributed by atoms with van der Waals surface area (Å²) in [5.41, 5.74) is 1.64. The van der Waals surface area contributed by atoms with Crippen molar-refractivity contribution in [1.82, 2.24) is 5.32 Å². The zero-order valence-corrected chi connectivity index (χ0v) is 14.1. The average molecular weight is 349 g/mol. The Balaban J connectivity index is 1.63. The number of nitrogens with one attached hydrogen (secondary N) is 1. The Labute approximate surface area is 151 Å². The normalized spacial score (nSPS) is 10.5. The summed E-state index contributed by atoms with van der Waals surface area (Å²) in [7, 11) is 0. The number of carbonyl (C=O) groups is 2. The molecule has 0 saturated carbocycles. The van der Waals surface area contributed by atoms with Gasteiger partial charge in [-0.25, -0.2) is 0 Å². The van der Waals surface area contributed by atoms with E-state index in [0.29, 0.717) is 5.76 Å². The van der Waals surface area contributed by atoms with E-state index in [9.17, 15) is 9.59 Å². The summed E-state index contributed by atoms with van der Waals surface area (Å²) in [6, 6.07) is 22.2. The molecule has 0 unspecified atom stereocenters. The lowest BCUT2D eigenvalue weighted by Crippen LogP contribution is -2.29. The van der Waals surface area contributed by atoms with Gasteiger partial charge in [0, 0.05) is 0 Å². The summed E-state index contributed by atoms with van der Waals surface area (Å²) < 4.78 is 10.4. The van der Waals surface area contributed by atoms with Gasteiger partial charge in [-0.3, -0.25) is 9.59 Å². The maximum atomic E-state index is 12.7. The van der Waals surface area contributed by atoms with Crippen molar-refractivity contribution in [3.8, 4) is 0 Å². The zero-order chi connectivity index (χ0) is 18.2. The van der Waals surface area contributed by atoms with E-state index in [2.05, 4.69) is 5.32 Å². The number of benzene rings is 2. The first kappa shape index (κ1) is 17.5. The second-order valence-corrected chi connectivity index (χ2v) is 5.72. The Kier molecular flexibility index (Phi) is 5.83. The summed E-state index contributed by atoms with van der Waals surface area (Å²) >= 11 is 0. The topological polar surface area (TPSA) is 68.5 Å². The van der Waals surface area contributed by atoms with Crippen LogP contribution in [0.4, 0.5) is 0 Å². The second kappa shape index (κ2) is 8.67. The fraction of sp³-hybridized carbons (Fsp3) is 0.143. The minimum atomic E-state index is -0.574. The van der Waals surface area contributed by atoms with Gasteiger partial charge in [-0.15, -0.1) is 0 Å². The lowest BCUT2D eigenvalue weighted by Gasteiger charge is -2.17. The third-order valence-electron chi connectivity index (χ3n) is 3.89. The van der Waals surface area contributed by atoms with Gasteiger partial charge < -0.3 is 14.5 Å². The Morgan fingerprint density at radius 3 is 2.04 bits per heavy atom. The molecule has 0 aliphatic carbocycles. The van der Waals surface area contributed by atoms with Crippen LogP contribution in [0.2, 0.25) is 0 Å². The average Bonchev–Trinajstić information content (AvgIpc) is 3.20. The molecule has 0 radical (unpaired) electrons. The molecule has 1 aromatic heterocycles. The molecule has 0 spiro atoms. The van der Waals surface area contributed by atoms with Gasteiger partial charge >= 0.3 is 5.97 Å². The SMILES string of the molecule is O=C(COC(=O)C(c1ccccc1)c1ccccc1)NCc1ccco1. The molecule has 0 fully saturated rings. The van der Waals surface area contributed by atoms with Crippen molar-refractivity contribution in [1.29, 1.82) is 0 Å². The molecule has 1 N–H and O–H groups in total. The predicted molar refractivity (Wildman–Crippen MR) is 96.2 cm³/mol. The first-order chi connectivity index (χ1) is 12.7. The van der Waals surface area contributed by atoms with Crippen LogP contribution in [-0.4, -0.2) is 18.5 Å². The summed E-state index contributed by atoms with van der Waals surface area (Å²) in [4.78, 5) is 24.6. The molecule has 5 heteroatoms. The van der Waals surface area contributed by atoms with E-state index in [1.165, 1.54) is 6.26 Å². The number of furan rings is 1. The highest BCUT2D eigenvalue weighted by molar-refractivity contribution is 5.85. The number of carbonyl (C=O) groups excluding carboxylic acids is 2. The van der Waals surface area contributed by atoms with Crippen molar-refractivity contribution in [3.63, 3.8) is 0 Å². The van der Waals surface area contributed by atoms with E-state index in [1.54, 1.807) is 12.1 Å². The fourth-order valence-corrected chi connectivity index (χ4v) is 2.63. The monoisotopic (exact) mass is 349 g/mol. The number of rotatable bonds is 7. The Bertz CT molecular complexity index is 789. The highest BCUT2D eigenvalue weighted by Gasteiger charge is 2.24. The lowest BCUT2D eigenvalue weighted by atomic mass is 9.91. The van der Waals surface area contributed by atoms with E-state index in [1.807, 2.05) is 60.7 Å².